The first-order valence-electron chi connectivity index (χ1n) is 10.1. The highest BCUT2D eigenvalue weighted by atomic mass is 16.3. The molecule has 6 atom stereocenters. The Morgan fingerprint density at radius 2 is 1.75 bits per heavy atom. The highest BCUT2D eigenvalue weighted by Gasteiger charge is 2.49. The Balaban J connectivity index is 1.77. The number of hydrogen-bond acceptors (Lipinski definition) is 2. The molecule has 0 radical (unpaired) electrons. The van der Waals surface area contributed by atoms with Gasteiger partial charge < -0.3 is 10.2 Å². The molecule has 0 spiro atoms. The van der Waals surface area contributed by atoms with Crippen LogP contribution in [0.3, 0.4) is 0 Å². The fraction of sp³-hybridized carbons (Fsp3) is 0.818. The molecule has 3 saturated carbocycles. The lowest BCUT2D eigenvalue weighted by molar-refractivity contribution is 0.00407. The Morgan fingerprint density at radius 3 is 2.38 bits per heavy atom. The highest BCUT2D eigenvalue weighted by Crippen LogP contribution is 2.59. The van der Waals surface area contributed by atoms with E-state index in [-0.39, 0.29) is 5.92 Å². The van der Waals surface area contributed by atoms with Crippen LogP contribution in [0.1, 0.15) is 72.6 Å². The Labute approximate surface area is 148 Å². The van der Waals surface area contributed by atoms with Crippen molar-refractivity contribution in [2.45, 2.75) is 84.8 Å². The van der Waals surface area contributed by atoms with E-state index in [0.717, 1.165) is 30.6 Å². The number of aliphatic hydroxyl groups is 2. The minimum absolute atomic E-state index is 0.00518. The second kappa shape index (κ2) is 6.96. The van der Waals surface area contributed by atoms with Gasteiger partial charge >= 0.3 is 0 Å². The Bertz CT molecular complexity index is 504. The molecule has 3 unspecified atom stereocenters. The molecule has 136 valence electrons. The summed E-state index contributed by atoms with van der Waals surface area (Å²) in [7, 11) is 0. The molecule has 3 aliphatic carbocycles. The van der Waals surface area contributed by atoms with Gasteiger partial charge in [0.2, 0.25) is 0 Å². The third-order valence-corrected chi connectivity index (χ3v) is 7.53. The average molecular weight is 333 g/mol. The predicted molar refractivity (Wildman–Crippen MR) is 99.6 cm³/mol. The van der Waals surface area contributed by atoms with Gasteiger partial charge in [-0.3, -0.25) is 0 Å². The van der Waals surface area contributed by atoms with Crippen LogP contribution in [0.25, 0.3) is 0 Å². The Kier molecular flexibility index (Phi) is 5.28. The van der Waals surface area contributed by atoms with Gasteiger partial charge in [-0.15, -0.1) is 0 Å². The summed E-state index contributed by atoms with van der Waals surface area (Å²) in [6.07, 6.45) is 11.9. The minimum atomic E-state index is -0.396. The monoisotopic (exact) mass is 332 g/mol. The molecule has 2 nitrogen and oxygen atoms in total. The average Bonchev–Trinajstić information content (AvgIpc) is 2.88. The second-order valence-corrected chi connectivity index (χ2v) is 9.31. The molecule has 0 aromatic rings. The lowest BCUT2D eigenvalue weighted by Gasteiger charge is -2.43. The molecule has 0 aromatic carbocycles. The van der Waals surface area contributed by atoms with Crippen molar-refractivity contribution in [2.75, 3.05) is 0 Å². The quantitative estimate of drug-likeness (QED) is 0.758. The van der Waals surface area contributed by atoms with Crippen molar-refractivity contribution in [2.24, 2.45) is 29.1 Å². The van der Waals surface area contributed by atoms with E-state index in [1.807, 2.05) is 6.92 Å². The van der Waals surface area contributed by atoms with Crippen molar-refractivity contribution in [3.63, 3.8) is 0 Å². The van der Waals surface area contributed by atoms with Gasteiger partial charge in [0.25, 0.3) is 0 Å². The maximum Gasteiger partial charge on any atom is 0.0627 e. The molecular weight excluding hydrogens is 296 g/mol. The first-order chi connectivity index (χ1) is 11.3. The third-order valence-electron chi connectivity index (χ3n) is 7.53. The zero-order chi connectivity index (χ0) is 17.5. The normalized spacial score (nSPS) is 46.7. The molecule has 2 N–H and O–H groups in total. The van der Waals surface area contributed by atoms with E-state index in [2.05, 4.69) is 32.9 Å². The van der Waals surface area contributed by atoms with Gasteiger partial charge in [0.05, 0.1) is 12.2 Å². The summed E-state index contributed by atoms with van der Waals surface area (Å²) in [6, 6.07) is 0. The van der Waals surface area contributed by atoms with Gasteiger partial charge in [-0.25, -0.2) is 0 Å². The van der Waals surface area contributed by atoms with Crippen LogP contribution < -0.4 is 0 Å². The maximum absolute atomic E-state index is 10.1. The van der Waals surface area contributed by atoms with Gasteiger partial charge in [0.15, 0.2) is 0 Å². The van der Waals surface area contributed by atoms with E-state index in [1.54, 1.807) is 5.57 Å². The van der Waals surface area contributed by atoms with E-state index >= 15 is 0 Å². The first-order valence-corrected chi connectivity index (χ1v) is 10.1. The van der Waals surface area contributed by atoms with Crippen LogP contribution in [0.2, 0.25) is 0 Å². The van der Waals surface area contributed by atoms with E-state index in [4.69, 9.17) is 0 Å². The van der Waals surface area contributed by atoms with Crippen molar-refractivity contribution >= 4 is 0 Å². The lowest BCUT2D eigenvalue weighted by atomic mass is 9.61. The second-order valence-electron chi connectivity index (χ2n) is 9.31. The molecule has 24 heavy (non-hydrogen) atoms. The molecule has 0 amide bonds. The first kappa shape index (κ1) is 18.2. The van der Waals surface area contributed by atoms with Crippen LogP contribution in [0.4, 0.5) is 0 Å². The van der Waals surface area contributed by atoms with E-state index < -0.39 is 12.2 Å². The van der Waals surface area contributed by atoms with Crippen LogP contribution in [0, 0.1) is 29.1 Å². The van der Waals surface area contributed by atoms with E-state index in [0.29, 0.717) is 5.41 Å². The van der Waals surface area contributed by atoms with Crippen molar-refractivity contribution in [1.82, 2.24) is 0 Å². The number of aliphatic hydroxyl groups excluding tert-OH is 2. The Hall–Kier alpha value is -0.600. The summed E-state index contributed by atoms with van der Waals surface area (Å²) < 4.78 is 0. The predicted octanol–water partition coefficient (Wildman–Crippen LogP) is 4.86. The van der Waals surface area contributed by atoms with E-state index in [1.165, 1.54) is 37.7 Å². The van der Waals surface area contributed by atoms with Crippen LogP contribution >= 0.6 is 0 Å². The summed E-state index contributed by atoms with van der Waals surface area (Å²) in [4.78, 5) is 0. The van der Waals surface area contributed by atoms with Gasteiger partial charge in [-0.2, -0.15) is 0 Å². The summed E-state index contributed by atoms with van der Waals surface area (Å²) in [6.45, 7) is 9.27. The molecule has 3 fully saturated rings. The lowest BCUT2D eigenvalue weighted by Crippen LogP contribution is -2.35. The van der Waals surface area contributed by atoms with Crippen LogP contribution in [0.15, 0.2) is 23.3 Å². The van der Waals surface area contributed by atoms with Crippen molar-refractivity contribution < 1.29 is 10.2 Å². The number of rotatable bonds is 2. The SMILES string of the molecule is CC(C)C1CC[C@H]2/C(=C/C=C3CC(O)C(C)[C@H](O)C3)CCC[C@]12C. The topological polar surface area (TPSA) is 40.5 Å². The largest absolute Gasteiger partial charge is 0.392 e. The smallest absolute Gasteiger partial charge is 0.0627 e. The fourth-order valence-corrected chi connectivity index (χ4v) is 5.98. The number of allylic oxidation sites excluding steroid dienone is 3. The molecule has 0 saturated heterocycles. The summed E-state index contributed by atoms with van der Waals surface area (Å²) >= 11 is 0. The minimum Gasteiger partial charge on any atom is -0.392 e. The highest BCUT2D eigenvalue weighted by molar-refractivity contribution is 5.26. The zero-order valence-corrected chi connectivity index (χ0v) is 16.0. The third kappa shape index (κ3) is 3.24. The molecule has 3 rings (SSSR count). The molecule has 0 aliphatic heterocycles. The summed E-state index contributed by atoms with van der Waals surface area (Å²) in [5.74, 6) is 2.38. The molecule has 3 aliphatic rings. The summed E-state index contributed by atoms with van der Waals surface area (Å²) in [5.41, 5.74) is 3.32. The Morgan fingerprint density at radius 1 is 1.08 bits per heavy atom. The number of hydrogen-bond donors (Lipinski definition) is 2. The molecule has 0 aromatic heterocycles. The molecule has 2 heteroatoms. The van der Waals surface area contributed by atoms with E-state index in [9.17, 15) is 10.2 Å². The molecule has 0 heterocycles. The molecular formula is C22H36O2. The fourth-order valence-electron chi connectivity index (χ4n) is 5.98. The van der Waals surface area contributed by atoms with Gasteiger partial charge in [0.1, 0.15) is 0 Å². The van der Waals surface area contributed by atoms with Crippen LogP contribution in [-0.2, 0) is 0 Å². The zero-order valence-electron chi connectivity index (χ0n) is 16.0. The molecule has 0 bridgehead atoms. The van der Waals surface area contributed by atoms with Crippen molar-refractivity contribution in [3.05, 3.63) is 23.3 Å². The summed E-state index contributed by atoms with van der Waals surface area (Å²) in [5, 5.41) is 20.2. The van der Waals surface area contributed by atoms with Gasteiger partial charge in [0, 0.05) is 5.92 Å². The standard InChI is InChI=1S/C22H36O2/c1-14(2)18-9-10-19-17(6-5-11-22(18,19)4)8-7-16-12-20(23)15(3)21(24)13-16/h7-8,14-15,18-21,23-24H,5-6,9-13H2,1-4H3/b16-7?,17-8+/t15?,18?,19-,20+,21?,22+/m0/s1. The van der Waals surface area contributed by atoms with Gasteiger partial charge in [-0.05, 0) is 68.1 Å². The van der Waals surface area contributed by atoms with Gasteiger partial charge in [-0.1, -0.05) is 51.0 Å². The van der Waals surface area contributed by atoms with Crippen LogP contribution in [-0.4, -0.2) is 22.4 Å². The van der Waals surface area contributed by atoms with Crippen molar-refractivity contribution in [1.29, 1.82) is 0 Å². The maximum atomic E-state index is 10.1. The van der Waals surface area contributed by atoms with Crippen LogP contribution in [0.5, 0.6) is 0 Å². The van der Waals surface area contributed by atoms with Crippen molar-refractivity contribution in [3.8, 4) is 0 Å². The number of fused-ring (bicyclic) bond motifs is 1.